The van der Waals surface area contributed by atoms with Gasteiger partial charge in [-0.05, 0) is 22.6 Å². The van der Waals surface area contributed by atoms with E-state index in [4.69, 9.17) is 16.3 Å². The molecule has 0 aliphatic rings. The quantitative estimate of drug-likeness (QED) is 0.616. The lowest BCUT2D eigenvalue weighted by molar-refractivity contribution is 0.141. The minimum Gasteiger partial charge on any atom is -0.495 e. The molecule has 1 aromatic heterocycles. The van der Waals surface area contributed by atoms with Crippen molar-refractivity contribution in [2.24, 2.45) is 0 Å². The Labute approximate surface area is 92.4 Å². The molecule has 1 rings (SSSR count). The largest absolute Gasteiger partial charge is 0.495 e. The van der Waals surface area contributed by atoms with Gasteiger partial charge in [-0.15, -0.1) is 0 Å². The van der Waals surface area contributed by atoms with Crippen molar-refractivity contribution in [3.8, 4) is 5.75 Å². The standard InChI is InChI=1S/C7H5ClF2INO/c1-13-4-2-3(8)7(11)12-5(4)6(9)10/h2,6H,1H3. The van der Waals surface area contributed by atoms with Gasteiger partial charge in [-0.3, -0.25) is 0 Å². The fraction of sp³-hybridized carbons (Fsp3) is 0.286. The molecule has 2 nitrogen and oxygen atoms in total. The predicted octanol–water partition coefficient (Wildman–Crippen LogP) is 3.29. The van der Waals surface area contributed by atoms with Crippen LogP contribution in [0, 0.1) is 3.70 Å². The minimum absolute atomic E-state index is 0.0143. The average molecular weight is 319 g/mol. The van der Waals surface area contributed by atoms with Gasteiger partial charge in [0.2, 0.25) is 0 Å². The van der Waals surface area contributed by atoms with E-state index in [-0.39, 0.29) is 11.4 Å². The maximum absolute atomic E-state index is 12.3. The molecule has 0 unspecified atom stereocenters. The molecule has 6 heteroatoms. The molecular formula is C7H5ClF2INO. The third kappa shape index (κ3) is 2.40. The number of hydrogen-bond donors (Lipinski definition) is 0. The summed E-state index contributed by atoms with van der Waals surface area (Å²) in [7, 11) is 1.30. The van der Waals surface area contributed by atoms with E-state index < -0.39 is 6.43 Å². The number of aromatic nitrogens is 1. The second kappa shape index (κ2) is 4.36. The van der Waals surface area contributed by atoms with Gasteiger partial charge >= 0.3 is 0 Å². The highest BCUT2D eigenvalue weighted by Gasteiger charge is 2.17. The van der Waals surface area contributed by atoms with E-state index >= 15 is 0 Å². The first kappa shape index (κ1) is 10.9. The first-order valence-electron chi connectivity index (χ1n) is 3.24. The summed E-state index contributed by atoms with van der Waals surface area (Å²) in [6.07, 6.45) is -2.65. The van der Waals surface area contributed by atoms with Crippen molar-refractivity contribution >= 4 is 34.2 Å². The lowest BCUT2D eigenvalue weighted by Gasteiger charge is -2.07. The van der Waals surface area contributed by atoms with Gasteiger partial charge in [0.25, 0.3) is 6.43 Å². The van der Waals surface area contributed by atoms with Crippen molar-refractivity contribution in [1.82, 2.24) is 4.98 Å². The molecule has 0 saturated carbocycles. The normalized spacial score (nSPS) is 10.6. The van der Waals surface area contributed by atoms with E-state index in [0.29, 0.717) is 8.72 Å². The molecule has 0 aliphatic carbocycles. The van der Waals surface area contributed by atoms with Crippen LogP contribution in [-0.4, -0.2) is 12.1 Å². The van der Waals surface area contributed by atoms with Crippen LogP contribution in [0.15, 0.2) is 6.07 Å². The predicted molar refractivity (Wildman–Crippen MR) is 53.5 cm³/mol. The third-order valence-electron chi connectivity index (χ3n) is 1.35. The molecule has 0 spiro atoms. The molecular weight excluding hydrogens is 314 g/mol. The molecule has 0 atom stereocenters. The minimum atomic E-state index is -2.65. The molecule has 1 heterocycles. The van der Waals surface area contributed by atoms with Gasteiger partial charge in [0.05, 0.1) is 12.1 Å². The number of nitrogens with zero attached hydrogens (tertiary/aromatic N) is 1. The van der Waals surface area contributed by atoms with Crippen molar-refractivity contribution in [3.05, 3.63) is 20.5 Å². The Balaban J connectivity index is 3.25. The summed E-state index contributed by atoms with van der Waals surface area (Å²) in [6.45, 7) is 0. The fourth-order valence-electron chi connectivity index (χ4n) is 0.783. The van der Waals surface area contributed by atoms with Gasteiger partial charge < -0.3 is 4.74 Å². The molecule has 0 saturated heterocycles. The highest BCUT2D eigenvalue weighted by Crippen LogP contribution is 2.31. The monoisotopic (exact) mass is 319 g/mol. The molecule has 0 aromatic carbocycles. The van der Waals surface area contributed by atoms with Crippen molar-refractivity contribution < 1.29 is 13.5 Å². The molecule has 0 amide bonds. The van der Waals surface area contributed by atoms with E-state index in [2.05, 4.69) is 4.98 Å². The number of alkyl halides is 2. The topological polar surface area (TPSA) is 22.1 Å². The maximum atomic E-state index is 12.3. The Bertz CT molecular complexity index is 322. The van der Waals surface area contributed by atoms with Crippen LogP contribution in [0.2, 0.25) is 5.02 Å². The average Bonchev–Trinajstić information content (AvgIpc) is 2.08. The van der Waals surface area contributed by atoms with Gasteiger partial charge in [0, 0.05) is 6.07 Å². The molecule has 0 bridgehead atoms. The summed E-state index contributed by atoms with van der Waals surface area (Å²) >= 11 is 7.46. The molecule has 13 heavy (non-hydrogen) atoms. The molecule has 0 N–H and O–H groups in total. The number of rotatable bonds is 2. The molecule has 0 fully saturated rings. The van der Waals surface area contributed by atoms with Crippen molar-refractivity contribution in [3.63, 3.8) is 0 Å². The van der Waals surface area contributed by atoms with Crippen LogP contribution in [0.4, 0.5) is 8.78 Å². The van der Waals surface area contributed by atoms with E-state index in [0.717, 1.165) is 0 Å². The Morgan fingerprint density at radius 3 is 2.69 bits per heavy atom. The number of ether oxygens (including phenoxy) is 1. The first-order valence-corrected chi connectivity index (χ1v) is 4.70. The highest BCUT2D eigenvalue weighted by atomic mass is 127. The van der Waals surface area contributed by atoms with Crippen LogP contribution >= 0.6 is 34.2 Å². The molecule has 0 aliphatic heterocycles. The summed E-state index contributed by atoms with van der Waals surface area (Å²) in [5.74, 6) is 0.0143. The number of hydrogen-bond acceptors (Lipinski definition) is 2. The number of pyridine rings is 1. The van der Waals surface area contributed by atoms with Crippen LogP contribution in [0.5, 0.6) is 5.75 Å². The van der Waals surface area contributed by atoms with Gasteiger partial charge in [-0.2, -0.15) is 0 Å². The Morgan fingerprint density at radius 2 is 2.23 bits per heavy atom. The third-order valence-corrected chi connectivity index (χ3v) is 2.78. The van der Waals surface area contributed by atoms with Crippen LogP contribution in [0.3, 0.4) is 0 Å². The van der Waals surface area contributed by atoms with Crippen molar-refractivity contribution in [1.29, 1.82) is 0 Å². The van der Waals surface area contributed by atoms with E-state index in [9.17, 15) is 8.78 Å². The van der Waals surface area contributed by atoms with Crippen molar-refractivity contribution in [2.75, 3.05) is 7.11 Å². The Kier molecular flexibility index (Phi) is 3.66. The van der Waals surface area contributed by atoms with Crippen LogP contribution in [-0.2, 0) is 0 Å². The molecule has 1 aromatic rings. The summed E-state index contributed by atoms with van der Waals surface area (Å²) in [6, 6.07) is 1.33. The molecule has 0 radical (unpaired) electrons. The highest BCUT2D eigenvalue weighted by molar-refractivity contribution is 14.1. The molecule has 72 valence electrons. The van der Waals surface area contributed by atoms with Crippen LogP contribution < -0.4 is 4.74 Å². The summed E-state index contributed by atoms with van der Waals surface area (Å²) in [5.41, 5.74) is -0.378. The van der Waals surface area contributed by atoms with E-state index in [1.54, 1.807) is 22.6 Å². The van der Waals surface area contributed by atoms with E-state index in [1.807, 2.05) is 0 Å². The van der Waals surface area contributed by atoms with Crippen LogP contribution in [0.1, 0.15) is 12.1 Å². The Morgan fingerprint density at radius 1 is 1.62 bits per heavy atom. The van der Waals surface area contributed by atoms with Crippen molar-refractivity contribution in [2.45, 2.75) is 6.43 Å². The Hall–Kier alpha value is -0.170. The van der Waals surface area contributed by atoms with Gasteiger partial charge in [0.1, 0.15) is 15.1 Å². The fourth-order valence-corrected chi connectivity index (χ4v) is 1.34. The van der Waals surface area contributed by atoms with Gasteiger partial charge in [-0.1, -0.05) is 11.6 Å². The lowest BCUT2D eigenvalue weighted by atomic mass is 10.3. The summed E-state index contributed by atoms with van der Waals surface area (Å²) < 4.78 is 29.7. The van der Waals surface area contributed by atoms with Gasteiger partial charge in [-0.25, -0.2) is 13.8 Å². The smallest absolute Gasteiger partial charge is 0.284 e. The number of methoxy groups -OCH3 is 1. The number of halogens is 4. The maximum Gasteiger partial charge on any atom is 0.284 e. The SMILES string of the molecule is COc1cc(Cl)c(I)nc1C(F)F. The zero-order valence-corrected chi connectivity index (χ0v) is 9.44. The van der Waals surface area contributed by atoms with Gasteiger partial charge in [0.15, 0.2) is 0 Å². The first-order chi connectivity index (χ1) is 6.06. The lowest BCUT2D eigenvalue weighted by Crippen LogP contribution is -1.98. The second-order valence-electron chi connectivity index (χ2n) is 2.15. The summed E-state index contributed by atoms with van der Waals surface area (Å²) in [4.78, 5) is 3.62. The summed E-state index contributed by atoms with van der Waals surface area (Å²) in [5, 5.41) is 0.307. The second-order valence-corrected chi connectivity index (χ2v) is 3.58. The van der Waals surface area contributed by atoms with E-state index in [1.165, 1.54) is 13.2 Å². The van der Waals surface area contributed by atoms with Crippen LogP contribution in [0.25, 0.3) is 0 Å². The zero-order valence-electron chi connectivity index (χ0n) is 6.52. The zero-order chi connectivity index (χ0) is 10.0.